The fourth-order valence-electron chi connectivity index (χ4n) is 2.85. The molecule has 3 rings (SSSR count). The molecule has 0 unspecified atom stereocenters. The number of nitrogens with two attached hydrogens (primary N) is 1. The summed E-state index contributed by atoms with van der Waals surface area (Å²) in [4.78, 5) is 6.72. The highest BCUT2D eigenvalue weighted by Gasteiger charge is 2.10. The van der Waals surface area contributed by atoms with Crippen molar-refractivity contribution in [3.05, 3.63) is 53.6 Å². The van der Waals surface area contributed by atoms with E-state index in [0.29, 0.717) is 25.7 Å². The van der Waals surface area contributed by atoms with Crippen molar-refractivity contribution in [3.8, 4) is 11.5 Å². The first-order valence-electron chi connectivity index (χ1n) is 9.37. The van der Waals surface area contributed by atoms with E-state index in [9.17, 15) is 0 Å². The van der Waals surface area contributed by atoms with E-state index in [-0.39, 0.29) is 0 Å². The van der Waals surface area contributed by atoms with Gasteiger partial charge in [0.1, 0.15) is 0 Å². The van der Waals surface area contributed by atoms with Gasteiger partial charge in [-0.3, -0.25) is 0 Å². The lowest BCUT2D eigenvalue weighted by molar-refractivity contribution is 0.297. The summed E-state index contributed by atoms with van der Waals surface area (Å²) in [5, 5.41) is 3.12. The maximum Gasteiger partial charge on any atom is 0.193 e. The molecule has 0 aromatic heterocycles. The first-order chi connectivity index (χ1) is 13.1. The maximum absolute atomic E-state index is 6.06. The molecular weight excluding hydrogens is 340 g/mol. The molecule has 144 valence electrons. The number of nitrogens with zero attached hydrogens (tertiary/aromatic N) is 2. The summed E-state index contributed by atoms with van der Waals surface area (Å²) in [5.74, 6) is 1.88. The Labute approximate surface area is 161 Å². The molecule has 0 fully saturated rings. The molecule has 1 heterocycles. The van der Waals surface area contributed by atoms with Gasteiger partial charge in [-0.2, -0.15) is 0 Å². The summed E-state index contributed by atoms with van der Waals surface area (Å²) in [6.45, 7) is 5.97. The quantitative estimate of drug-likeness (QED) is 0.605. The van der Waals surface area contributed by atoms with Crippen molar-refractivity contribution in [3.63, 3.8) is 0 Å². The Kier molecular flexibility index (Phi) is 6.54. The molecule has 0 amide bonds. The van der Waals surface area contributed by atoms with Crippen LogP contribution >= 0.6 is 0 Å². The number of hydrogen-bond donors (Lipinski definition) is 2. The number of guanidine groups is 1. The zero-order chi connectivity index (χ0) is 19.1. The summed E-state index contributed by atoms with van der Waals surface area (Å²) in [5.41, 5.74) is 9.31. The Hall–Kier alpha value is -2.73. The van der Waals surface area contributed by atoms with Crippen LogP contribution in [0.5, 0.6) is 11.5 Å². The van der Waals surface area contributed by atoms with Crippen LogP contribution in [0.4, 0.5) is 5.69 Å². The number of anilines is 1. The van der Waals surface area contributed by atoms with Gasteiger partial charge in [0, 0.05) is 24.7 Å². The summed E-state index contributed by atoms with van der Waals surface area (Å²) in [7, 11) is 2.11. The van der Waals surface area contributed by atoms with Gasteiger partial charge in [0.25, 0.3) is 0 Å². The summed E-state index contributed by atoms with van der Waals surface area (Å²) in [6, 6.07) is 14.2. The van der Waals surface area contributed by atoms with Crippen LogP contribution in [0.2, 0.25) is 0 Å². The van der Waals surface area contributed by atoms with E-state index in [1.807, 2.05) is 18.2 Å². The largest absolute Gasteiger partial charge is 0.490 e. The van der Waals surface area contributed by atoms with Gasteiger partial charge in [-0.25, -0.2) is 4.99 Å². The number of aliphatic imine (C=N–C) groups is 1. The van der Waals surface area contributed by atoms with E-state index < -0.39 is 0 Å². The second kappa shape index (κ2) is 9.28. The fourth-order valence-corrected chi connectivity index (χ4v) is 2.85. The second-order valence-corrected chi connectivity index (χ2v) is 6.69. The summed E-state index contributed by atoms with van der Waals surface area (Å²) >= 11 is 0. The van der Waals surface area contributed by atoms with Crippen LogP contribution in [-0.2, 0) is 13.1 Å². The third-order valence-corrected chi connectivity index (χ3v) is 4.44. The lowest BCUT2D eigenvalue weighted by atomic mass is 10.1. The number of benzene rings is 2. The van der Waals surface area contributed by atoms with Crippen molar-refractivity contribution in [2.24, 2.45) is 10.7 Å². The molecule has 0 bridgehead atoms. The molecule has 1 aliphatic heterocycles. The van der Waals surface area contributed by atoms with Gasteiger partial charge >= 0.3 is 0 Å². The second-order valence-electron chi connectivity index (χ2n) is 6.69. The standard InChI is InChI=1S/C21H28N4O2/c1-3-25(2)15-17-7-4-6-16(12-17)14-23-21(22)24-18-8-9-19-20(13-18)27-11-5-10-26-19/h4,6-9,12-13H,3,5,10-11,14-15H2,1-2H3,(H3,22,23,24). The molecule has 0 aliphatic carbocycles. The molecule has 0 saturated heterocycles. The molecule has 0 atom stereocenters. The third kappa shape index (κ3) is 5.62. The fraction of sp³-hybridized carbons (Fsp3) is 0.381. The summed E-state index contributed by atoms with van der Waals surface area (Å²) < 4.78 is 11.3. The molecule has 2 aromatic rings. The minimum Gasteiger partial charge on any atom is -0.490 e. The molecule has 1 aliphatic rings. The lowest BCUT2D eigenvalue weighted by Crippen LogP contribution is -2.22. The van der Waals surface area contributed by atoms with Crippen molar-refractivity contribution in [2.45, 2.75) is 26.4 Å². The van der Waals surface area contributed by atoms with Crippen LogP contribution in [0.1, 0.15) is 24.5 Å². The van der Waals surface area contributed by atoms with E-state index >= 15 is 0 Å². The molecular formula is C21H28N4O2. The Bertz CT molecular complexity index is 792. The van der Waals surface area contributed by atoms with Gasteiger partial charge in [0.05, 0.1) is 19.8 Å². The number of nitrogens with one attached hydrogen (secondary N) is 1. The highest BCUT2D eigenvalue weighted by Crippen LogP contribution is 2.32. The van der Waals surface area contributed by atoms with Gasteiger partial charge in [0.15, 0.2) is 17.5 Å². The van der Waals surface area contributed by atoms with E-state index in [1.165, 1.54) is 5.56 Å². The number of fused-ring (bicyclic) bond motifs is 1. The normalized spacial score (nSPS) is 14.1. The predicted molar refractivity (Wildman–Crippen MR) is 109 cm³/mol. The number of rotatable bonds is 6. The Morgan fingerprint density at radius 2 is 1.89 bits per heavy atom. The summed E-state index contributed by atoms with van der Waals surface area (Å²) in [6.07, 6.45) is 0.883. The molecule has 0 radical (unpaired) electrons. The first kappa shape index (κ1) is 19.0. The average molecular weight is 368 g/mol. The van der Waals surface area contributed by atoms with Gasteiger partial charge in [-0.15, -0.1) is 0 Å². The minimum atomic E-state index is 0.376. The van der Waals surface area contributed by atoms with Crippen molar-refractivity contribution < 1.29 is 9.47 Å². The maximum atomic E-state index is 6.06. The highest BCUT2D eigenvalue weighted by molar-refractivity contribution is 5.92. The van der Waals surface area contributed by atoms with Crippen LogP contribution < -0.4 is 20.5 Å². The number of hydrogen-bond acceptors (Lipinski definition) is 4. The zero-order valence-electron chi connectivity index (χ0n) is 16.1. The molecule has 2 aromatic carbocycles. The van der Waals surface area contributed by atoms with Crippen molar-refractivity contribution in [1.29, 1.82) is 0 Å². The molecule has 6 nitrogen and oxygen atoms in total. The van der Waals surface area contributed by atoms with Gasteiger partial charge in [-0.1, -0.05) is 31.2 Å². The van der Waals surface area contributed by atoms with Crippen molar-refractivity contribution in [1.82, 2.24) is 4.90 Å². The smallest absolute Gasteiger partial charge is 0.193 e. The van der Waals surface area contributed by atoms with Crippen LogP contribution in [0, 0.1) is 0 Å². The first-order valence-corrected chi connectivity index (χ1v) is 9.37. The third-order valence-electron chi connectivity index (χ3n) is 4.44. The van der Waals surface area contributed by atoms with Crippen molar-refractivity contribution >= 4 is 11.6 Å². The van der Waals surface area contributed by atoms with Crippen LogP contribution in [0.15, 0.2) is 47.5 Å². The van der Waals surface area contributed by atoms with E-state index in [4.69, 9.17) is 15.2 Å². The van der Waals surface area contributed by atoms with E-state index in [2.05, 4.69) is 53.4 Å². The van der Waals surface area contributed by atoms with E-state index in [0.717, 1.165) is 42.3 Å². The van der Waals surface area contributed by atoms with E-state index in [1.54, 1.807) is 0 Å². The molecule has 0 spiro atoms. The van der Waals surface area contributed by atoms with Crippen LogP contribution in [0.3, 0.4) is 0 Å². The van der Waals surface area contributed by atoms with Crippen LogP contribution in [-0.4, -0.2) is 37.7 Å². The monoisotopic (exact) mass is 368 g/mol. The molecule has 6 heteroatoms. The zero-order valence-corrected chi connectivity index (χ0v) is 16.1. The predicted octanol–water partition coefficient (Wildman–Crippen LogP) is 3.23. The molecule has 27 heavy (non-hydrogen) atoms. The van der Waals surface area contributed by atoms with Crippen LogP contribution in [0.25, 0.3) is 0 Å². The van der Waals surface area contributed by atoms with Gasteiger partial charge in [0.2, 0.25) is 0 Å². The average Bonchev–Trinajstić information content (AvgIpc) is 2.91. The van der Waals surface area contributed by atoms with Gasteiger partial charge in [-0.05, 0) is 36.9 Å². The SMILES string of the molecule is CCN(C)Cc1cccc(CN=C(N)Nc2ccc3c(c2)OCCCO3)c1. The number of ether oxygens (including phenoxy) is 2. The highest BCUT2D eigenvalue weighted by atomic mass is 16.5. The Morgan fingerprint density at radius 3 is 2.70 bits per heavy atom. The molecule has 3 N–H and O–H groups in total. The van der Waals surface area contributed by atoms with Gasteiger partial charge < -0.3 is 25.4 Å². The minimum absolute atomic E-state index is 0.376. The Balaban J connectivity index is 1.61. The van der Waals surface area contributed by atoms with Crippen molar-refractivity contribution in [2.75, 3.05) is 32.1 Å². The Morgan fingerprint density at radius 1 is 1.11 bits per heavy atom. The topological polar surface area (TPSA) is 72.1 Å². The lowest BCUT2D eigenvalue weighted by Gasteiger charge is -2.14. The molecule has 0 saturated carbocycles.